The molecule has 0 aliphatic heterocycles. The molecule has 0 aliphatic carbocycles. The summed E-state index contributed by atoms with van der Waals surface area (Å²) in [6, 6.07) is 9.70. The highest BCUT2D eigenvalue weighted by Gasteiger charge is 2.12. The number of nitro benzene ring substituents is 1. The van der Waals surface area contributed by atoms with Crippen molar-refractivity contribution in [3.8, 4) is 11.5 Å². The molecule has 7 nitrogen and oxygen atoms in total. The molecule has 0 radical (unpaired) electrons. The first-order chi connectivity index (χ1) is 10.0. The van der Waals surface area contributed by atoms with Crippen molar-refractivity contribution in [1.82, 2.24) is 0 Å². The van der Waals surface area contributed by atoms with E-state index >= 15 is 0 Å². The largest absolute Gasteiger partial charge is 0.508 e. The third-order valence-electron chi connectivity index (χ3n) is 2.93. The fourth-order valence-corrected chi connectivity index (χ4v) is 1.88. The molecule has 2 aromatic rings. The Morgan fingerprint density at radius 1 is 1.14 bits per heavy atom. The summed E-state index contributed by atoms with van der Waals surface area (Å²) in [6.07, 6.45) is 0.173. The standard InChI is InChI=1S/C14H12N2O5/c17-11-5-6-12(14(18)8-11)13(15-19)7-9-1-3-10(4-2-9)16(20)21/h1-6,8,17-19H,7H2/b15-13+. The Balaban J connectivity index is 2.25. The monoisotopic (exact) mass is 288 g/mol. The van der Waals surface area contributed by atoms with Crippen LogP contribution in [0.2, 0.25) is 0 Å². The fourth-order valence-electron chi connectivity index (χ4n) is 1.88. The van der Waals surface area contributed by atoms with Gasteiger partial charge in [-0.05, 0) is 17.7 Å². The van der Waals surface area contributed by atoms with Crippen molar-refractivity contribution in [3.05, 3.63) is 63.7 Å². The number of rotatable bonds is 4. The van der Waals surface area contributed by atoms with E-state index in [2.05, 4.69) is 5.16 Å². The zero-order chi connectivity index (χ0) is 15.4. The molecule has 3 N–H and O–H groups in total. The summed E-state index contributed by atoms with van der Waals surface area (Å²) in [5, 5.41) is 41.8. The van der Waals surface area contributed by atoms with Crippen LogP contribution in [0.15, 0.2) is 47.6 Å². The maximum absolute atomic E-state index is 10.6. The number of oxime groups is 1. The Morgan fingerprint density at radius 3 is 2.33 bits per heavy atom. The van der Waals surface area contributed by atoms with Crippen molar-refractivity contribution < 1.29 is 20.3 Å². The summed E-state index contributed by atoms with van der Waals surface area (Å²) < 4.78 is 0. The van der Waals surface area contributed by atoms with Gasteiger partial charge in [0.2, 0.25) is 0 Å². The molecule has 0 aromatic heterocycles. The van der Waals surface area contributed by atoms with E-state index in [1.165, 1.54) is 24.3 Å². The Morgan fingerprint density at radius 2 is 1.81 bits per heavy atom. The van der Waals surface area contributed by atoms with Gasteiger partial charge in [0.05, 0.1) is 10.6 Å². The molecule has 21 heavy (non-hydrogen) atoms. The zero-order valence-corrected chi connectivity index (χ0v) is 10.8. The van der Waals surface area contributed by atoms with Gasteiger partial charge in [-0.3, -0.25) is 10.1 Å². The Labute approximate surface area is 119 Å². The molecule has 0 fully saturated rings. The van der Waals surface area contributed by atoms with E-state index in [0.717, 1.165) is 6.07 Å². The number of hydrogen-bond donors (Lipinski definition) is 3. The zero-order valence-electron chi connectivity index (χ0n) is 10.8. The predicted octanol–water partition coefficient (Wildman–Crippen LogP) is 2.43. The molecule has 0 atom stereocenters. The normalized spacial score (nSPS) is 11.3. The van der Waals surface area contributed by atoms with E-state index in [1.807, 2.05) is 0 Å². The first kappa shape index (κ1) is 14.3. The molecular formula is C14H12N2O5. The molecule has 0 bridgehead atoms. The number of aromatic hydroxyl groups is 2. The molecule has 2 aromatic carbocycles. The highest BCUT2D eigenvalue weighted by molar-refractivity contribution is 6.03. The summed E-state index contributed by atoms with van der Waals surface area (Å²) in [7, 11) is 0. The van der Waals surface area contributed by atoms with Gasteiger partial charge in [-0.2, -0.15) is 0 Å². The Hall–Kier alpha value is -3.09. The first-order valence-corrected chi connectivity index (χ1v) is 5.98. The number of hydrogen-bond acceptors (Lipinski definition) is 6. The van der Waals surface area contributed by atoms with E-state index in [4.69, 9.17) is 5.21 Å². The number of nitrogens with zero attached hydrogens (tertiary/aromatic N) is 2. The van der Waals surface area contributed by atoms with Gasteiger partial charge >= 0.3 is 0 Å². The average molecular weight is 288 g/mol. The summed E-state index contributed by atoms with van der Waals surface area (Å²) in [5.41, 5.74) is 1.10. The lowest BCUT2D eigenvalue weighted by Gasteiger charge is -2.07. The summed E-state index contributed by atoms with van der Waals surface area (Å²) >= 11 is 0. The highest BCUT2D eigenvalue weighted by Crippen LogP contribution is 2.24. The van der Waals surface area contributed by atoms with Gasteiger partial charge in [-0.15, -0.1) is 0 Å². The average Bonchev–Trinajstić information content (AvgIpc) is 2.46. The van der Waals surface area contributed by atoms with Gasteiger partial charge in [0.1, 0.15) is 11.5 Å². The lowest BCUT2D eigenvalue weighted by molar-refractivity contribution is -0.384. The maximum atomic E-state index is 10.6. The lowest BCUT2D eigenvalue weighted by atomic mass is 10.0. The number of nitro groups is 1. The summed E-state index contributed by atoms with van der Waals surface area (Å²) in [6.45, 7) is 0. The van der Waals surface area contributed by atoms with Gasteiger partial charge in [0, 0.05) is 30.2 Å². The second-order valence-electron chi connectivity index (χ2n) is 4.35. The van der Waals surface area contributed by atoms with E-state index < -0.39 is 4.92 Å². The van der Waals surface area contributed by atoms with E-state index in [0.29, 0.717) is 5.56 Å². The number of benzene rings is 2. The van der Waals surface area contributed by atoms with Gasteiger partial charge in [-0.25, -0.2) is 0 Å². The second kappa shape index (κ2) is 5.91. The minimum Gasteiger partial charge on any atom is -0.508 e. The van der Waals surface area contributed by atoms with Crippen LogP contribution in [0.1, 0.15) is 11.1 Å². The molecular weight excluding hydrogens is 276 g/mol. The number of non-ortho nitro benzene ring substituents is 1. The molecule has 0 amide bonds. The van der Waals surface area contributed by atoms with Crippen LogP contribution >= 0.6 is 0 Å². The van der Waals surface area contributed by atoms with Crippen molar-refractivity contribution in [2.75, 3.05) is 0 Å². The van der Waals surface area contributed by atoms with Crippen LogP contribution < -0.4 is 0 Å². The third kappa shape index (κ3) is 3.27. The molecule has 0 aliphatic rings. The molecule has 0 spiro atoms. The molecule has 0 unspecified atom stereocenters. The second-order valence-corrected chi connectivity index (χ2v) is 4.35. The van der Waals surface area contributed by atoms with E-state index in [9.17, 15) is 20.3 Å². The lowest BCUT2D eigenvalue weighted by Crippen LogP contribution is -2.06. The smallest absolute Gasteiger partial charge is 0.269 e. The Bertz CT molecular complexity index is 695. The summed E-state index contributed by atoms with van der Waals surface area (Å²) in [5.74, 6) is -0.325. The number of phenolic OH excluding ortho intramolecular Hbond substituents is 2. The van der Waals surface area contributed by atoms with E-state index in [1.54, 1.807) is 12.1 Å². The van der Waals surface area contributed by atoms with Crippen LogP contribution in [0.4, 0.5) is 5.69 Å². The molecule has 0 saturated heterocycles. The van der Waals surface area contributed by atoms with Crippen LogP contribution in [0.25, 0.3) is 0 Å². The van der Waals surface area contributed by atoms with Gasteiger partial charge in [0.25, 0.3) is 5.69 Å². The minimum absolute atomic E-state index is 0.0336. The summed E-state index contributed by atoms with van der Waals surface area (Å²) in [4.78, 5) is 10.1. The van der Waals surface area contributed by atoms with Crippen molar-refractivity contribution in [2.24, 2.45) is 5.16 Å². The van der Waals surface area contributed by atoms with Crippen LogP contribution in [-0.4, -0.2) is 26.1 Å². The van der Waals surface area contributed by atoms with Crippen LogP contribution in [0.5, 0.6) is 11.5 Å². The Kier molecular flexibility index (Phi) is 4.03. The predicted molar refractivity (Wildman–Crippen MR) is 74.9 cm³/mol. The molecule has 0 heterocycles. The van der Waals surface area contributed by atoms with Crippen LogP contribution in [-0.2, 0) is 6.42 Å². The van der Waals surface area contributed by atoms with Crippen LogP contribution in [0, 0.1) is 10.1 Å². The first-order valence-electron chi connectivity index (χ1n) is 5.98. The third-order valence-corrected chi connectivity index (χ3v) is 2.93. The number of phenols is 2. The topological polar surface area (TPSA) is 116 Å². The SMILES string of the molecule is O=[N+]([O-])c1ccc(C/C(=N\O)c2ccc(O)cc2O)cc1. The molecule has 2 rings (SSSR count). The van der Waals surface area contributed by atoms with Crippen LogP contribution in [0.3, 0.4) is 0 Å². The van der Waals surface area contributed by atoms with Crippen molar-refractivity contribution in [1.29, 1.82) is 0 Å². The molecule has 108 valence electrons. The van der Waals surface area contributed by atoms with Crippen molar-refractivity contribution in [2.45, 2.75) is 6.42 Å². The highest BCUT2D eigenvalue weighted by atomic mass is 16.6. The van der Waals surface area contributed by atoms with Crippen molar-refractivity contribution in [3.63, 3.8) is 0 Å². The van der Waals surface area contributed by atoms with Crippen molar-refractivity contribution >= 4 is 11.4 Å². The fraction of sp³-hybridized carbons (Fsp3) is 0.0714. The van der Waals surface area contributed by atoms with Gasteiger partial charge in [0.15, 0.2) is 0 Å². The molecule has 0 saturated carbocycles. The van der Waals surface area contributed by atoms with Gasteiger partial charge < -0.3 is 15.4 Å². The van der Waals surface area contributed by atoms with Gasteiger partial charge in [-0.1, -0.05) is 17.3 Å². The quantitative estimate of drug-likeness (QED) is 0.346. The molecule has 7 heteroatoms. The van der Waals surface area contributed by atoms with E-state index in [-0.39, 0.29) is 34.9 Å². The maximum Gasteiger partial charge on any atom is 0.269 e. The minimum atomic E-state index is -0.503.